The van der Waals surface area contributed by atoms with Gasteiger partial charge in [0.05, 0.1) is 19.3 Å². The molecule has 0 bridgehead atoms. The fraction of sp³-hybridized carbons (Fsp3) is 0.750. The smallest absolute Gasteiger partial charge is 0.0662 e. The maximum absolute atomic E-state index is 5.46. The van der Waals surface area contributed by atoms with Crippen LogP contribution in [0.3, 0.4) is 0 Å². The lowest BCUT2D eigenvalue weighted by Gasteiger charge is -2.06. The molecule has 1 rings (SSSR count). The predicted molar refractivity (Wildman–Crippen MR) is 65.5 cm³/mol. The van der Waals surface area contributed by atoms with Crippen molar-refractivity contribution >= 4 is 0 Å². The molecule has 4 heteroatoms. The summed E-state index contributed by atoms with van der Waals surface area (Å²) in [5.74, 6) is 0. The SMILES string of the molecule is CCCOCCn1ncc(CNCC)c1C. The van der Waals surface area contributed by atoms with Crippen LogP contribution in [0.1, 0.15) is 31.5 Å². The van der Waals surface area contributed by atoms with Crippen LogP contribution in [-0.4, -0.2) is 29.5 Å². The average Bonchev–Trinajstić information content (AvgIpc) is 2.64. The first-order valence-corrected chi connectivity index (χ1v) is 6.09. The molecule has 1 heterocycles. The Bertz CT molecular complexity index is 296. The lowest BCUT2D eigenvalue weighted by molar-refractivity contribution is 0.124. The minimum absolute atomic E-state index is 0.747. The second kappa shape index (κ2) is 7.41. The van der Waals surface area contributed by atoms with Crippen molar-refractivity contribution in [3.8, 4) is 0 Å². The zero-order chi connectivity index (χ0) is 11.8. The topological polar surface area (TPSA) is 39.1 Å². The molecule has 0 aliphatic carbocycles. The minimum atomic E-state index is 0.747. The molecule has 4 nitrogen and oxygen atoms in total. The van der Waals surface area contributed by atoms with E-state index in [2.05, 4.69) is 31.2 Å². The molecule has 0 unspecified atom stereocenters. The van der Waals surface area contributed by atoms with Gasteiger partial charge in [0.1, 0.15) is 0 Å². The van der Waals surface area contributed by atoms with Crippen LogP contribution in [0.4, 0.5) is 0 Å². The molecular formula is C12H23N3O. The molecular weight excluding hydrogens is 202 g/mol. The van der Waals surface area contributed by atoms with Crippen LogP contribution >= 0.6 is 0 Å². The van der Waals surface area contributed by atoms with E-state index in [1.54, 1.807) is 0 Å². The van der Waals surface area contributed by atoms with Gasteiger partial charge in [0.25, 0.3) is 0 Å². The maximum Gasteiger partial charge on any atom is 0.0662 e. The van der Waals surface area contributed by atoms with E-state index in [9.17, 15) is 0 Å². The van der Waals surface area contributed by atoms with E-state index in [-0.39, 0.29) is 0 Å². The van der Waals surface area contributed by atoms with Crippen molar-refractivity contribution < 1.29 is 4.74 Å². The average molecular weight is 225 g/mol. The molecule has 0 saturated carbocycles. The first kappa shape index (κ1) is 13.2. The predicted octanol–water partition coefficient (Wildman–Crippen LogP) is 1.73. The first-order chi connectivity index (χ1) is 7.79. The van der Waals surface area contributed by atoms with Crippen molar-refractivity contribution in [3.63, 3.8) is 0 Å². The van der Waals surface area contributed by atoms with Gasteiger partial charge in [-0.3, -0.25) is 4.68 Å². The van der Waals surface area contributed by atoms with E-state index >= 15 is 0 Å². The Morgan fingerprint density at radius 1 is 1.38 bits per heavy atom. The van der Waals surface area contributed by atoms with Gasteiger partial charge in [-0.25, -0.2) is 0 Å². The Morgan fingerprint density at radius 3 is 2.88 bits per heavy atom. The van der Waals surface area contributed by atoms with Crippen LogP contribution < -0.4 is 5.32 Å². The van der Waals surface area contributed by atoms with Crippen LogP contribution in [0.15, 0.2) is 6.20 Å². The van der Waals surface area contributed by atoms with Gasteiger partial charge in [0.2, 0.25) is 0 Å². The highest BCUT2D eigenvalue weighted by Crippen LogP contribution is 2.06. The third-order valence-corrected chi connectivity index (χ3v) is 2.57. The second-order valence-corrected chi connectivity index (χ2v) is 3.87. The van der Waals surface area contributed by atoms with Crippen LogP contribution in [0, 0.1) is 6.92 Å². The highest BCUT2D eigenvalue weighted by Gasteiger charge is 2.04. The van der Waals surface area contributed by atoms with E-state index in [0.717, 1.165) is 39.3 Å². The molecule has 1 aromatic heterocycles. The molecule has 16 heavy (non-hydrogen) atoms. The Hall–Kier alpha value is -0.870. The molecule has 0 aliphatic rings. The quantitative estimate of drug-likeness (QED) is 0.685. The largest absolute Gasteiger partial charge is 0.380 e. The van der Waals surface area contributed by atoms with Crippen LogP contribution in [0.5, 0.6) is 0 Å². The summed E-state index contributed by atoms with van der Waals surface area (Å²) in [6.45, 7) is 10.7. The summed E-state index contributed by atoms with van der Waals surface area (Å²) in [6, 6.07) is 0. The van der Waals surface area contributed by atoms with Crippen LogP contribution in [-0.2, 0) is 17.8 Å². The van der Waals surface area contributed by atoms with Crippen molar-refractivity contribution in [3.05, 3.63) is 17.5 Å². The van der Waals surface area contributed by atoms with Gasteiger partial charge in [0, 0.05) is 24.4 Å². The number of ether oxygens (including phenoxy) is 1. The first-order valence-electron chi connectivity index (χ1n) is 6.09. The van der Waals surface area contributed by atoms with E-state index in [1.807, 2.05) is 10.9 Å². The molecule has 0 radical (unpaired) electrons. The zero-order valence-electron chi connectivity index (χ0n) is 10.6. The molecule has 0 aromatic carbocycles. The molecule has 0 atom stereocenters. The summed E-state index contributed by atoms with van der Waals surface area (Å²) in [5, 5.41) is 7.67. The molecule has 1 aromatic rings. The minimum Gasteiger partial charge on any atom is -0.380 e. The molecule has 0 amide bonds. The highest BCUT2D eigenvalue weighted by molar-refractivity contribution is 5.15. The van der Waals surface area contributed by atoms with Gasteiger partial charge in [-0.15, -0.1) is 0 Å². The third kappa shape index (κ3) is 3.94. The standard InChI is InChI=1S/C12H23N3O/c1-4-7-16-8-6-15-11(3)12(10-14-15)9-13-5-2/h10,13H,4-9H2,1-3H3. The summed E-state index contributed by atoms with van der Waals surface area (Å²) in [4.78, 5) is 0. The van der Waals surface area contributed by atoms with Gasteiger partial charge in [-0.2, -0.15) is 5.10 Å². The Morgan fingerprint density at radius 2 is 2.19 bits per heavy atom. The molecule has 0 aliphatic heterocycles. The maximum atomic E-state index is 5.46. The number of hydrogen-bond donors (Lipinski definition) is 1. The molecule has 1 N–H and O–H groups in total. The van der Waals surface area contributed by atoms with E-state index in [1.165, 1.54) is 11.3 Å². The number of hydrogen-bond acceptors (Lipinski definition) is 3. The zero-order valence-corrected chi connectivity index (χ0v) is 10.6. The van der Waals surface area contributed by atoms with Gasteiger partial charge < -0.3 is 10.1 Å². The van der Waals surface area contributed by atoms with Gasteiger partial charge in [0.15, 0.2) is 0 Å². The van der Waals surface area contributed by atoms with Crippen LogP contribution in [0.25, 0.3) is 0 Å². The second-order valence-electron chi connectivity index (χ2n) is 3.87. The summed E-state index contributed by atoms with van der Waals surface area (Å²) >= 11 is 0. The molecule has 92 valence electrons. The third-order valence-electron chi connectivity index (χ3n) is 2.57. The molecule has 0 spiro atoms. The lowest BCUT2D eigenvalue weighted by atomic mass is 10.2. The van der Waals surface area contributed by atoms with Crippen molar-refractivity contribution in [2.45, 2.75) is 40.3 Å². The van der Waals surface area contributed by atoms with Crippen molar-refractivity contribution in [2.75, 3.05) is 19.8 Å². The molecule has 0 saturated heterocycles. The number of nitrogens with zero attached hydrogens (tertiary/aromatic N) is 2. The normalized spacial score (nSPS) is 10.9. The number of rotatable bonds is 8. The summed E-state index contributed by atoms with van der Waals surface area (Å²) in [6.07, 6.45) is 3.02. The van der Waals surface area contributed by atoms with E-state index in [4.69, 9.17) is 4.74 Å². The molecule has 0 fully saturated rings. The summed E-state index contributed by atoms with van der Waals surface area (Å²) < 4.78 is 7.47. The van der Waals surface area contributed by atoms with E-state index < -0.39 is 0 Å². The Labute approximate surface area is 98.0 Å². The van der Waals surface area contributed by atoms with Gasteiger partial charge in [-0.1, -0.05) is 13.8 Å². The van der Waals surface area contributed by atoms with Gasteiger partial charge in [-0.05, 0) is 19.9 Å². The monoisotopic (exact) mass is 225 g/mol. The van der Waals surface area contributed by atoms with E-state index in [0.29, 0.717) is 0 Å². The Balaban J connectivity index is 2.38. The van der Waals surface area contributed by atoms with Crippen molar-refractivity contribution in [1.29, 1.82) is 0 Å². The lowest BCUT2D eigenvalue weighted by Crippen LogP contribution is -2.13. The summed E-state index contributed by atoms with van der Waals surface area (Å²) in [7, 11) is 0. The summed E-state index contributed by atoms with van der Waals surface area (Å²) in [5.41, 5.74) is 2.51. The highest BCUT2D eigenvalue weighted by atomic mass is 16.5. The van der Waals surface area contributed by atoms with Crippen molar-refractivity contribution in [1.82, 2.24) is 15.1 Å². The number of aromatic nitrogens is 2. The fourth-order valence-corrected chi connectivity index (χ4v) is 1.54. The fourth-order valence-electron chi connectivity index (χ4n) is 1.54. The number of nitrogens with one attached hydrogen (secondary N) is 1. The van der Waals surface area contributed by atoms with Crippen LogP contribution in [0.2, 0.25) is 0 Å². The van der Waals surface area contributed by atoms with Crippen molar-refractivity contribution in [2.24, 2.45) is 0 Å². The van der Waals surface area contributed by atoms with Gasteiger partial charge >= 0.3 is 0 Å². The Kier molecular flexibility index (Phi) is 6.11.